The van der Waals surface area contributed by atoms with Gasteiger partial charge in [-0.2, -0.15) is 4.98 Å². The lowest BCUT2D eigenvalue weighted by Gasteiger charge is -2.07. The van der Waals surface area contributed by atoms with Gasteiger partial charge in [-0.1, -0.05) is 23.4 Å². The van der Waals surface area contributed by atoms with Crippen molar-refractivity contribution in [1.29, 1.82) is 0 Å². The molecule has 1 aromatic carbocycles. The fourth-order valence-corrected chi connectivity index (χ4v) is 2.55. The highest BCUT2D eigenvalue weighted by Crippen LogP contribution is 2.17. The molecule has 5 nitrogen and oxygen atoms in total. The third-order valence-electron chi connectivity index (χ3n) is 3.80. The van der Waals surface area contributed by atoms with E-state index in [-0.39, 0.29) is 0 Å². The van der Waals surface area contributed by atoms with Gasteiger partial charge in [-0.3, -0.25) is 0 Å². The number of hydrogen-bond donors (Lipinski definition) is 1. The zero-order chi connectivity index (χ0) is 14.5. The zero-order valence-corrected chi connectivity index (χ0v) is 12.3. The third-order valence-corrected chi connectivity index (χ3v) is 3.80. The van der Waals surface area contributed by atoms with Crippen LogP contribution in [0, 0.1) is 12.8 Å². The van der Waals surface area contributed by atoms with Gasteiger partial charge >= 0.3 is 0 Å². The number of anilines is 1. The van der Waals surface area contributed by atoms with Crippen molar-refractivity contribution in [3.8, 4) is 0 Å². The van der Waals surface area contributed by atoms with Crippen LogP contribution < -0.4 is 5.32 Å². The standard InChI is InChI=1S/C16H21N3O2/c1-12-4-2-3-5-14(12)17-8-6-16-18-15(19-21-16)10-13-7-9-20-11-13/h2-5,13,17H,6-11H2,1H3. The highest BCUT2D eigenvalue weighted by molar-refractivity contribution is 5.50. The summed E-state index contributed by atoms with van der Waals surface area (Å²) < 4.78 is 10.7. The van der Waals surface area contributed by atoms with Crippen LogP contribution in [0.15, 0.2) is 28.8 Å². The molecule has 1 unspecified atom stereocenters. The lowest BCUT2D eigenvalue weighted by Crippen LogP contribution is -2.07. The van der Waals surface area contributed by atoms with Crippen molar-refractivity contribution in [1.82, 2.24) is 10.1 Å². The molecule has 0 aliphatic carbocycles. The van der Waals surface area contributed by atoms with Gasteiger partial charge in [0.15, 0.2) is 5.82 Å². The number of aromatic nitrogens is 2. The second-order valence-corrected chi connectivity index (χ2v) is 5.53. The van der Waals surface area contributed by atoms with Gasteiger partial charge in [0.05, 0.1) is 0 Å². The highest BCUT2D eigenvalue weighted by atomic mass is 16.5. The molecule has 0 amide bonds. The van der Waals surface area contributed by atoms with Crippen LogP contribution >= 0.6 is 0 Å². The summed E-state index contributed by atoms with van der Waals surface area (Å²) in [5.41, 5.74) is 2.39. The molecule has 21 heavy (non-hydrogen) atoms. The van der Waals surface area contributed by atoms with Crippen LogP contribution in [0.3, 0.4) is 0 Å². The van der Waals surface area contributed by atoms with Gasteiger partial charge in [-0.25, -0.2) is 0 Å². The summed E-state index contributed by atoms with van der Waals surface area (Å²) in [5.74, 6) is 2.04. The molecule has 1 aromatic heterocycles. The second-order valence-electron chi connectivity index (χ2n) is 5.53. The molecule has 2 aromatic rings. The molecule has 1 fully saturated rings. The molecular formula is C16H21N3O2. The van der Waals surface area contributed by atoms with E-state index in [1.165, 1.54) is 5.56 Å². The summed E-state index contributed by atoms with van der Waals surface area (Å²) >= 11 is 0. The average molecular weight is 287 g/mol. The van der Waals surface area contributed by atoms with Crippen LogP contribution in [0.5, 0.6) is 0 Å². The molecule has 1 N–H and O–H groups in total. The minimum Gasteiger partial charge on any atom is -0.384 e. The Bertz CT molecular complexity index is 576. The van der Waals surface area contributed by atoms with Gasteiger partial charge in [-0.15, -0.1) is 0 Å². The first-order chi connectivity index (χ1) is 10.3. The van der Waals surface area contributed by atoms with E-state index in [1.807, 2.05) is 12.1 Å². The largest absolute Gasteiger partial charge is 0.384 e. The van der Waals surface area contributed by atoms with Gasteiger partial charge in [0.1, 0.15) is 0 Å². The van der Waals surface area contributed by atoms with E-state index >= 15 is 0 Å². The van der Waals surface area contributed by atoms with E-state index < -0.39 is 0 Å². The molecule has 1 saturated heterocycles. The van der Waals surface area contributed by atoms with Crippen molar-refractivity contribution in [2.45, 2.75) is 26.2 Å². The Morgan fingerprint density at radius 2 is 2.24 bits per heavy atom. The molecule has 2 heterocycles. The number of para-hydroxylation sites is 1. The van der Waals surface area contributed by atoms with E-state index in [4.69, 9.17) is 9.26 Å². The Morgan fingerprint density at radius 1 is 1.33 bits per heavy atom. The maximum atomic E-state index is 5.37. The van der Waals surface area contributed by atoms with E-state index in [0.717, 1.165) is 50.5 Å². The molecule has 3 rings (SSSR count). The molecule has 0 bridgehead atoms. The first-order valence-electron chi connectivity index (χ1n) is 7.50. The summed E-state index contributed by atoms with van der Waals surface area (Å²) in [6.45, 7) is 4.56. The van der Waals surface area contributed by atoms with Crippen molar-refractivity contribution in [3.05, 3.63) is 41.5 Å². The minimum atomic E-state index is 0.542. The molecule has 5 heteroatoms. The van der Waals surface area contributed by atoms with Gasteiger partial charge in [0.25, 0.3) is 0 Å². The fraction of sp³-hybridized carbons (Fsp3) is 0.500. The normalized spacial score (nSPS) is 18.0. The van der Waals surface area contributed by atoms with Crippen LogP contribution in [0.2, 0.25) is 0 Å². The molecular weight excluding hydrogens is 266 g/mol. The monoisotopic (exact) mass is 287 g/mol. The number of hydrogen-bond acceptors (Lipinski definition) is 5. The predicted octanol–water partition coefficient (Wildman–Crippen LogP) is 2.61. The minimum absolute atomic E-state index is 0.542. The lowest BCUT2D eigenvalue weighted by atomic mass is 10.1. The van der Waals surface area contributed by atoms with Gasteiger partial charge in [-0.05, 0) is 30.9 Å². The number of rotatable bonds is 6. The maximum absolute atomic E-state index is 5.37. The van der Waals surface area contributed by atoms with Crippen molar-refractivity contribution in [2.24, 2.45) is 5.92 Å². The van der Waals surface area contributed by atoms with Gasteiger partial charge < -0.3 is 14.6 Å². The Hall–Kier alpha value is -1.88. The molecule has 0 spiro atoms. The average Bonchev–Trinajstić information content (AvgIpc) is 3.14. The van der Waals surface area contributed by atoms with Crippen LogP contribution in [0.4, 0.5) is 5.69 Å². The van der Waals surface area contributed by atoms with Crippen LogP contribution in [-0.4, -0.2) is 29.9 Å². The second kappa shape index (κ2) is 6.72. The van der Waals surface area contributed by atoms with Crippen LogP contribution in [0.1, 0.15) is 23.7 Å². The van der Waals surface area contributed by atoms with Crippen molar-refractivity contribution < 1.29 is 9.26 Å². The summed E-state index contributed by atoms with van der Waals surface area (Å²) in [4.78, 5) is 4.45. The SMILES string of the molecule is Cc1ccccc1NCCc1nc(CC2CCOC2)no1. The van der Waals surface area contributed by atoms with E-state index in [0.29, 0.717) is 11.8 Å². The fourth-order valence-electron chi connectivity index (χ4n) is 2.55. The number of aryl methyl sites for hydroxylation is 1. The lowest BCUT2D eigenvalue weighted by molar-refractivity contribution is 0.185. The van der Waals surface area contributed by atoms with E-state index in [2.05, 4.69) is 34.5 Å². The Labute approximate surface area is 124 Å². The third kappa shape index (κ3) is 3.82. The van der Waals surface area contributed by atoms with Crippen molar-refractivity contribution in [2.75, 3.05) is 25.1 Å². The number of ether oxygens (including phenoxy) is 1. The first-order valence-corrected chi connectivity index (χ1v) is 7.50. The number of nitrogens with zero attached hydrogens (tertiary/aromatic N) is 2. The predicted molar refractivity (Wildman–Crippen MR) is 80.3 cm³/mol. The van der Waals surface area contributed by atoms with Crippen molar-refractivity contribution >= 4 is 5.69 Å². The summed E-state index contributed by atoms with van der Waals surface area (Å²) in [6.07, 6.45) is 2.69. The first kappa shape index (κ1) is 14.1. The van der Waals surface area contributed by atoms with Crippen LogP contribution in [0.25, 0.3) is 0 Å². The molecule has 1 atom stereocenters. The summed E-state index contributed by atoms with van der Waals surface area (Å²) in [5, 5.41) is 7.45. The van der Waals surface area contributed by atoms with Gasteiger partial charge in [0.2, 0.25) is 5.89 Å². The topological polar surface area (TPSA) is 60.2 Å². The summed E-state index contributed by atoms with van der Waals surface area (Å²) in [7, 11) is 0. The maximum Gasteiger partial charge on any atom is 0.228 e. The van der Waals surface area contributed by atoms with Crippen molar-refractivity contribution in [3.63, 3.8) is 0 Å². The Morgan fingerprint density at radius 3 is 3.05 bits per heavy atom. The number of benzene rings is 1. The molecule has 1 aliphatic heterocycles. The van der Waals surface area contributed by atoms with Crippen LogP contribution in [-0.2, 0) is 17.6 Å². The zero-order valence-electron chi connectivity index (χ0n) is 12.3. The quantitative estimate of drug-likeness (QED) is 0.885. The molecule has 0 saturated carbocycles. The number of nitrogens with one attached hydrogen (secondary N) is 1. The Balaban J connectivity index is 1.47. The molecule has 1 aliphatic rings. The molecule has 0 radical (unpaired) electrons. The highest BCUT2D eigenvalue weighted by Gasteiger charge is 2.18. The molecule has 112 valence electrons. The smallest absolute Gasteiger partial charge is 0.228 e. The van der Waals surface area contributed by atoms with Gasteiger partial charge in [0, 0.05) is 38.3 Å². The Kier molecular flexibility index (Phi) is 4.50. The summed E-state index contributed by atoms with van der Waals surface area (Å²) in [6, 6.07) is 8.24. The van der Waals surface area contributed by atoms with E-state index in [9.17, 15) is 0 Å². The van der Waals surface area contributed by atoms with E-state index in [1.54, 1.807) is 0 Å².